The van der Waals surface area contributed by atoms with Crippen molar-refractivity contribution in [1.82, 2.24) is 49.3 Å². The Morgan fingerprint density at radius 3 is 1.51 bits per heavy atom. The van der Waals surface area contributed by atoms with E-state index in [4.69, 9.17) is 49.1 Å². The van der Waals surface area contributed by atoms with E-state index in [0.717, 1.165) is 108 Å². The largest absolute Gasteiger partial charge is 0.494 e. The zero-order chi connectivity index (χ0) is 55.1. The molecule has 24 nitrogen and oxygen atoms in total. The van der Waals surface area contributed by atoms with Gasteiger partial charge in [0.2, 0.25) is 23.7 Å². The zero-order valence-corrected chi connectivity index (χ0v) is 45.4. The summed E-state index contributed by atoms with van der Waals surface area (Å²) in [4.78, 5) is 39.2. The molecule has 418 valence electrons. The number of aromatic nitrogens is 8. The van der Waals surface area contributed by atoms with Gasteiger partial charge in [-0.3, -0.25) is 10.1 Å². The number of nitrogens with zero attached hydrogens (tertiary/aromatic N) is 13. The fraction of sp³-hybridized carbons (Fsp3) is 0.393. The van der Waals surface area contributed by atoms with Gasteiger partial charge >= 0.3 is 0 Å². The monoisotopic (exact) mass is 1090 g/mol. The van der Waals surface area contributed by atoms with Gasteiger partial charge in [-0.05, 0) is 95.1 Å². The SMILES string of the molecule is COc1cc(N2CCN(C)CC2)ccc1Nc1nc(Oc2cccc(N)c2)c2cnn(C3CCCCO3)c2n1.COc1cc(N2CCN(C)CC2)ccc1Nc1nc(Oc2cccc([N+](=O)[O-])c2)c2cnn(C3CCCCO3)c2n1. The Hall–Kier alpha value is -8.58. The molecule has 4 fully saturated rings. The van der Waals surface area contributed by atoms with Crippen LogP contribution < -0.4 is 45.1 Å². The number of rotatable bonds is 15. The summed E-state index contributed by atoms with van der Waals surface area (Å²) in [6.45, 7) is 9.25. The van der Waals surface area contributed by atoms with Crippen LogP contribution in [0.25, 0.3) is 22.1 Å². The van der Waals surface area contributed by atoms with Gasteiger partial charge in [-0.25, -0.2) is 9.36 Å². The van der Waals surface area contributed by atoms with E-state index in [1.54, 1.807) is 49.5 Å². The van der Waals surface area contributed by atoms with Crippen LogP contribution in [-0.4, -0.2) is 148 Å². The summed E-state index contributed by atoms with van der Waals surface area (Å²) in [7, 11) is 7.58. The van der Waals surface area contributed by atoms with Gasteiger partial charge in [0.25, 0.3) is 5.69 Å². The van der Waals surface area contributed by atoms with Crippen molar-refractivity contribution in [3.8, 4) is 34.8 Å². The number of nitrogens with one attached hydrogen (secondary N) is 2. The summed E-state index contributed by atoms with van der Waals surface area (Å²) in [6, 6.07) is 25.4. The first-order chi connectivity index (χ1) is 39.0. The summed E-state index contributed by atoms with van der Waals surface area (Å²) in [5.74, 6) is 3.44. The van der Waals surface area contributed by atoms with Crippen LogP contribution in [0, 0.1) is 10.1 Å². The molecule has 4 saturated heterocycles. The lowest BCUT2D eigenvalue weighted by Gasteiger charge is -2.34. The summed E-state index contributed by atoms with van der Waals surface area (Å²) in [6.07, 6.45) is 8.75. The number of ether oxygens (including phenoxy) is 6. The third-order valence-electron chi connectivity index (χ3n) is 14.6. The van der Waals surface area contributed by atoms with Crippen molar-refractivity contribution >= 4 is 68.1 Å². The van der Waals surface area contributed by atoms with Crippen LogP contribution in [0.1, 0.15) is 51.0 Å². The Morgan fingerprint density at radius 1 is 0.600 bits per heavy atom. The third-order valence-corrected chi connectivity index (χ3v) is 14.6. The van der Waals surface area contributed by atoms with Gasteiger partial charge in [0.1, 0.15) is 33.8 Å². The molecule has 4 aliphatic rings. The highest BCUT2D eigenvalue weighted by Crippen LogP contribution is 2.39. The highest BCUT2D eigenvalue weighted by molar-refractivity contribution is 5.84. The summed E-state index contributed by atoms with van der Waals surface area (Å²) >= 11 is 0. The molecule has 0 spiro atoms. The van der Waals surface area contributed by atoms with Crippen LogP contribution in [0.2, 0.25) is 0 Å². The molecule has 80 heavy (non-hydrogen) atoms. The number of hydrogen-bond acceptors (Lipinski definition) is 21. The van der Waals surface area contributed by atoms with Gasteiger partial charge in [0, 0.05) is 107 Å². The number of likely N-dealkylation sites (N-methyl/N-ethyl adjacent to an activating group) is 2. The Morgan fingerprint density at radius 2 is 1.07 bits per heavy atom. The molecule has 2 atom stereocenters. The van der Waals surface area contributed by atoms with Gasteiger partial charge in [0.15, 0.2) is 23.8 Å². The maximum absolute atomic E-state index is 11.3. The number of anilines is 7. The molecule has 4 aromatic carbocycles. The predicted molar refractivity (Wildman–Crippen MR) is 304 cm³/mol. The van der Waals surface area contributed by atoms with Gasteiger partial charge < -0.3 is 64.4 Å². The maximum Gasteiger partial charge on any atom is 0.273 e. The van der Waals surface area contributed by atoms with Crippen LogP contribution in [0.5, 0.6) is 34.8 Å². The molecule has 0 saturated carbocycles. The molecule has 4 aliphatic heterocycles. The lowest BCUT2D eigenvalue weighted by atomic mass is 10.2. The summed E-state index contributed by atoms with van der Waals surface area (Å²) in [5.41, 5.74) is 11.3. The Bertz CT molecular complexity index is 3440. The first kappa shape index (κ1) is 53.4. The van der Waals surface area contributed by atoms with E-state index in [0.29, 0.717) is 75.7 Å². The quantitative estimate of drug-likeness (QED) is 0.0492. The predicted octanol–water partition coefficient (Wildman–Crippen LogP) is 9.13. The van der Waals surface area contributed by atoms with Gasteiger partial charge in [-0.2, -0.15) is 30.1 Å². The fourth-order valence-corrected chi connectivity index (χ4v) is 10.1. The summed E-state index contributed by atoms with van der Waals surface area (Å²) < 4.78 is 39.4. The maximum atomic E-state index is 11.3. The second-order valence-electron chi connectivity index (χ2n) is 20.1. The van der Waals surface area contributed by atoms with Crippen molar-refractivity contribution < 1.29 is 33.3 Å². The molecule has 24 heteroatoms. The minimum absolute atomic E-state index is 0.0809. The number of nitrogen functional groups attached to an aromatic ring is 1. The van der Waals surface area contributed by atoms with Crippen molar-refractivity contribution in [1.29, 1.82) is 0 Å². The highest BCUT2D eigenvalue weighted by atomic mass is 16.6. The number of nitro groups is 1. The van der Waals surface area contributed by atoms with Gasteiger partial charge in [0.05, 0.1) is 49.0 Å². The van der Waals surface area contributed by atoms with E-state index in [1.165, 1.54) is 12.1 Å². The smallest absolute Gasteiger partial charge is 0.273 e. The second-order valence-corrected chi connectivity index (χ2v) is 20.1. The Labute approximate surface area is 462 Å². The number of methoxy groups -OCH3 is 2. The lowest BCUT2D eigenvalue weighted by molar-refractivity contribution is -0.384. The average Bonchev–Trinajstić information content (AvgIpc) is 4.15. The summed E-state index contributed by atoms with van der Waals surface area (Å²) in [5, 5.41) is 28.4. The minimum Gasteiger partial charge on any atom is -0.494 e. The molecular formula is C56H66N16O8. The first-order valence-electron chi connectivity index (χ1n) is 27.0. The number of piperazine rings is 2. The molecule has 8 heterocycles. The van der Waals surface area contributed by atoms with Crippen LogP contribution in [0.3, 0.4) is 0 Å². The lowest BCUT2D eigenvalue weighted by Crippen LogP contribution is -2.44. The van der Waals surface area contributed by atoms with Crippen molar-refractivity contribution in [2.24, 2.45) is 0 Å². The normalized spacial score (nSPS) is 18.1. The molecule has 0 radical (unpaired) electrons. The number of hydrogen-bond donors (Lipinski definition) is 3. The van der Waals surface area contributed by atoms with E-state index >= 15 is 0 Å². The van der Waals surface area contributed by atoms with Crippen molar-refractivity contribution in [2.45, 2.75) is 51.0 Å². The van der Waals surface area contributed by atoms with E-state index < -0.39 is 4.92 Å². The van der Waals surface area contributed by atoms with Crippen molar-refractivity contribution in [3.05, 3.63) is 107 Å². The van der Waals surface area contributed by atoms with E-state index in [2.05, 4.69) is 77.7 Å². The number of non-ortho nitro benzene ring substituents is 1. The van der Waals surface area contributed by atoms with Gasteiger partial charge in [-0.1, -0.05) is 12.1 Å². The van der Waals surface area contributed by atoms with E-state index in [1.807, 2.05) is 41.1 Å². The van der Waals surface area contributed by atoms with Crippen LogP contribution in [-0.2, 0) is 9.47 Å². The molecule has 2 unspecified atom stereocenters. The molecule has 4 aromatic heterocycles. The number of fused-ring (bicyclic) bond motifs is 2. The molecule has 0 aliphatic carbocycles. The van der Waals surface area contributed by atoms with Crippen LogP contribution in [0.15, 0.2) is 97.3 Å². The minimum atomic E-state index is -0.466. The molecule has 4 N–H and O–H groups in total. The molecule has 12 rings (SSSR count). The van der Waals surface area contributed by atoms with E-state index in [-0.39, 0.29) is 35.7 Å². The number of nitro benzene ring substituents is 1. The third kappa shape index (κ3) is 12.2. The topological polar surface area (TPSA) is 249 Å². The fourth-order valence-electron chi connectivity index (χ4n) is 10.1. The van der Waals surface area contributed by atoms with Crippen LogP contribution >= 0.6 is 0 Å². The number of benzene rings is 4. The highest BCUT2D eigenvalue weighted by Gasteiger charge is 2.26. The Kier molecular flexibility index (Phi) is 16.2. The standard InChI is InChI=1S/C28H32N8O5.C28H34N8O3/c1-33-11-13-34(14-12-33)19-9-10-23(24(17-19)39-2)30-28-31-26-22(18-29-35(26)25-8-3-4-15-40-25)27(32-28)41-21-7-5-6-20(16-21)36(37)38;1-34-11-13-35(14-12-34)20-9-10-23(24(17-20)37-2)31-28-32-26-22(18-30-36(26)25-8-3-4-15-38-25)27(33-28)39-21-7-5-6-19(29)16-21/h5-7,9-10,16-18,25H,3-4,8,11-15H2,1-2H3,(H,30,31,32);5-7,9-10,16-18,25H,3-4,8,11-15,29H2,1-2H3,(H,31,32,33). The van der Waals surface area contributed by atoms with E-state index in [9.17, 15) is 10.1 Å². The second kappa shape index (κ2) is 24.2. The van der Waals surface area contributed by atoms with Crippen molar-refractivity contribution in [2.75, 3.05) is 120 Å². The van der Waals surface area contributed by atoms with Gasteiger partial charge in [-0.15, -0.1) is 0 Å². The van der Waals surface area contributed by atoms with Crippen molar-refractivity contribution in [3.63, 3.8) is 0 Å². The number of nitrogens with two attached hydrogens (primary N) is 1. The Balaban J connectivity index is 0.000000169. The van der Waals surface area contributed by atoms with Crippen LogP contribution in [0.4, 0.5) is 46.0 Å². The molecule has 0 amide bonds. The zero-order valence-electron chi connectivity index (χ0n) is 45.4. The average molecular weight is 1090 g/mol. The molecular weight excluding hydrogens is 1020 g/mol. The molecule has 0 bridgehead atoms. The first-order valence-corrected chi connectivity index (χ1v) is 27.0. The molecule has 8 aromatic rings.